The van der Waals surface area contributed by atoms with Gasteiger partial charge in [0.05, 0.1) is 17.0 Å². The highest BCUT2D eigenvalue weighted by molar-refractivity contribution is 7.90. The summed E-state index contributed by atoms with van der Waals surface area (Å²) >= 11 is 0. The van der Waals surface area contributed by atoms with Crippen LogP contribution in [0.3, 0.4) is 0 Å². The number of nitriles is 1. The smallest absolute Gasteiger partial charge is 0.280 e. The summed E-state index contributed by atoms with van der Waals surface area (Å²) in [5.74, 6) is 0.0167. The molecule has 164 valence electrons. The first-order valence-electron chi connectivity index (χ1n) is 9.71. The minimum atomic E-state index is -3.71. The molecule has 0 aromatic carbocycles. The lowest BCUT2D eigenvalue weighted by Gasteiger charge is -2.16. The molecule has 1 aliphatic rings. The molecule has 7 nitrogen and oxygen atoms in total. The minimum Gasteiger partial charge on any atom is -0.435 e. The van der Waals surface area contributed by atoms with Gasteiger partial charge < -0.3 is 4.74 Å². The maximum Gasteiger partial charge on any atom is 0.280 e. The van der Waals surface area contributed by atoms with Crippen molar-refractivity contribution in [2.75, 3.05) is 6.26 Å². The van der Waals surface area contributed by atoms with Crippen LogP contribution in [0.2, 0.25) is 0 Å². The van der Waals surface area contributed by atoms with Gasteiger partial charge in [-0.1, -0.05) is 0 Å². The summed E-state index contributed by atoms with van der Waals surface area (Å²) in [6.45, 7) is 1.61. The van der Waals surface area contributed by atoms with E-state index < -0.39 is 16.3 Å². The fourth-order valence-electron chi connectivity index (χ4n) is 3.27. The molecule has 10 heteroatoms. The second-order valence-corrected chi connectivity index (χ2v) is 9.59. The molecule has 1 fully saturated rings. The van der Waals surface area contributed by atoms with Gasteiger partial charge in [-0.3, -0.25) is 4.98 Å². The first kappa shape index (κ1) is 21.8. The number of rotatable bonds is 6. The Balaban J connectivity index is 1.85. The molecule has 0 radical (unpaired) electrons. The highest BCUT2D eigenvalue weighted by atomic mass is 32.2. The van der Waals surface area contributed by atoms with E-state index in [0.29, 0.717) is 28.1 Å². The largest absolute Gasteiger partial charge is 0.435 e. The van der Waals surface area contributed by atoms with E-state index in [4.69, 9.17) is 10.00 Å². The van der Waals surface area contributed by atoms with Crippen LogP contribution in [-0.4, -0.2) is 29.6 Å². The predicted molar refractivity (Wildman–Crippen MR) is 111 cm³/mol. The molecule has 0 amide bonds. The Labute approximate surface area is 183 Å². The summed E-state index contributed by atoms with van der Waals surface area (Å²) in [5, 5.41) is 9.11. The van der Waals surface area contributed by atoms with Crippen molar-refractivity contribution >= 4 is 9.84 Å². The maximum atomic E-state index is 13.3. The lowest BCUT2D eigenvalue weighted by atomic mass is 10.1. The number of sulfone groups is 1. The molecule has 1 aliphatic carbocycles. The number of halogens is 2. The van der Waals surface area contributed by atoms with Gasteiger partial charge in [-0.2, -0.15) is 5.26 Å². The van der Waals surface area contributed by atoms with Gasteiger partial charge in [-0.05, 0) is 49.6 Å². The molecular formula is C22H18F2N4O3S. The SMILES string of the molecule is Cc1cc(C(F)F)nc(C2CC2)c1Oc1nc(-c2cncc(C#N)c2)ccc1S(C)(=O)=O. The van der Waals surface area contributed by atoms with Gasteiger partial charge in [0.25, 0.3) is 6.43 Å². The molecule has 3 aromatic rings. The zero-order valence-electron chi connectivity index (χ0n) is 17.2. The van der Waals surface area contributed by atoms with E-state index >= 15 is 0 Å². The Bertz CT molecular complexity index is 1350. The number of aryl methyl sites for hydroxylation is 1. The van der Waals surface area contributed by atoms with Crippen molar-refractivity contribution in [2.24, 2.45) is 0 Å². The van der Waals surface area contributed by atoms with Gasteiger partial charge in [0.1, 0.15) is 16.7 Å². The molecule has 0 spiro atoms. The molecular weight excluding hydrogens is 438 g/mol. The van der Waals surface area contributed by atoms with Crippen LogP contribution in [0.15, 0.2) is 41.6 Å². The maximum absolute atomic E-state index is 13.3. The Morgan fingerprint density at radius 3 is 2.56 bits per heavy atom. The Morgan fingerprint density at radius 1 is 1.19 bits per heavy atom. The van der Waals surface area contributed by atoms with Gasteiger partial charge in [-0.25, -0.2) is 27.2 Å². The van der Waals surface area contributed by atoms with E-state index in [0.717, 1.165) is 19.1 Å². The second kappa shape index (κ2) is 8.24. The Morgan fingerprint density at radius 2 is 1.94 bits per heavy atom. The summed E-state index contributed by atoms with van der Waals surface area (Å²) in [6.07, 6.45) is 2.76. The van der Waals surface area contributed by atoms with Crippen molar-refractivity contribution in [1.29, 1.82) is 5.26 Å². The van der Waals surface area contributed by atoms with E-state index in [-0.39, 0.29) is 28.1 Å². The molecule has 0 aliphatic heterocycles. The molecule has 32 heavy (non-hydrogen) atoms. The monoisotopic (exact) mass is 456 g/mol. The van der Waals surface area contributed by atoms with Crippen LogP contribution in [0.5, 0.6) is 11.6 Å². The van der Waals surface area contributed by atoms with Gasteiger partial charge in [0.2, 0.25) is 5.88 Å². The fourth-order valence-corrected chi connectivity index (χ4v) is 3.99. The van der Waals surface area contributed by atoms with Crippen LogP contribution in [0, 0.1) is 18.3 Å². The first-order valence-corrected chi connectivity index (χ1v) is 11.6. The van der Waals surface area contributed by atoms with Crippen molar-refractivity contribution in [1.82, 2.24) is 15.0 Å². The van der Waals surface area contributed by atoms with E-state index in [1.807, 2.05) is 6.07 Å². The second-order valence-electron chi connectivity index (χ2n) is 7.60. The van der Waals surface area contributed by atoms with Crippen molar-refractivity contribution < 1.29 is 21.9 Å². The number of alkyl halides is 2. The standard InChI is InChI=1S/C22H18F2N4O3S/c1-12-7-17(21(23)24)27-19(14-3-4-14)20(12)31-22-18(32(2,29)30)6-5-16(28-22)15-8-13(9-25)10-26-11-15/h5-8,10-11,14,21H,3-4H2,1-2H3. The third-order valence-corrected chi connectivity index (χ3v) is 6.09. The number of nitrogens with zero attached hydrogens (tertiary/aromatic N) is 4. The van der Waals surface area contributed by atoms with E-state index in [1.165, 1.54) is 30.6 Å². The fraction of sp³-hybridized carbons (Fsp3) is 0.273. The first-order chi connectivity index (χ1) is 15.2. The molecule has 4 rings (SSSR count). The van der Waals surface area contributed by atoms with Gasteiger partial charge in [0, 0.05) is 30.1 Å². The zero-order valence-corrected chi connectivity index (χ0v) is 18.0. The molecule has 3 aromatic heterocycles. The van der Waals surface area contributed by atoms with Gasteiger partial charge in [-0.15, -0.1) is 0 Å². The van der Waals surface area contributed by atoms with Crippen LogP contribution < -0.4 is 4.74 Å². The predicted octanol–water partition coefficient (Wildman–Crippen LogP) is 4.73. The summed E-state index contributed by atoms with van der Waals surface area (Å²) in [7, 11) is -3.71. The number of hydrogen-bond donors (Lipinski definition) is 0. The molecule has 0 unspecified atom stereocenters. The molecule has 0 bridgehead atoms. The highest BCUT2D eigenvalue weighted by Gasteiger charge is 2.32. The lowest BCUT2D eigenvalue weighted by molar-refractivity contribution is 0.145. The Hall–Kier alpha value is -3.45. The van der Waals surface area contributed by atoms with E-state index in [1.54, 1.807) is 13.0 Å². The van der Waals surface area contributed by atoms with E-state index in [2.05, 4.69) is 15.0 Å². The quantitative estimate of drug-likeness (QED) is 0.528. The minimum absolute atomic E-state index is 0.0243. The molecule has 3 heterocycles. The van der Waals surface area contributed by atoms with Gasteiger partial charge >= 0.3 is 0 Å². The average molecular weight is 456 g/mol. The number of hydrogen-bond acceptors (Lipinski definition) is 7. The van der Waals surface area contributed by atoms with E-state index in [9.17, 15) is 17.2 Å². The van der Waals surface area contributed by atoms with Crippen molar-refractivity contribution in [3.8, 4) is 29.0 Å². The third kappa shape index (κ3) is 4.43. The van der Waals surface area contributed by atoms with Crippen LogP contribution in [0.25, 0.3) is 11.3 Å². The van der Waals surface area contributed by atoms with Crippen molar-refractivity contribution in [3.05, 3.63) is 59.2 Å². The number of pyridine rings is 3. The normalized spacial score (nSPS) is 13.8. The summed E-state index contributed by atoms with van der Waals surface area (Å²) in [6, 6.07) is 7.64. The zero-order chi connectivity index (χ0) is 23.0. The molecule has 0 N–H and O–H groups in total. The third-order valence-electron chi connectivity index (χ3n) is 4.98. The van der Waals surface area contributed by atoms with Crippen molar-refractivity contribution in [2.45, 2.75) is 37.0 Å². The average Bonchev–Trinajstić information content (AvgIpc) is 3.59. The molecule has 1 saturated carbocycles. The summed E-state index contributed by atoms with van der Waals surface area (Å²) < 4.78 is 57.2. The number of ether oxygens (including phenoxy) is 1. The van der Waals surface area contributed by atoms with Crippen LogP contribution in [-0.2, 0) is 9.84 Å². The van der Waals surface area contributed by atoms with Gasteiger partial charge in [0.15, 0.2) is 15.6 Å². The summed E-state index contributed by atoms with van der Waals surface area (Å²) in [4.78, 5) is 12.3. The summed E-state index contributed by atoms with van der Waals surface area (Å²) in [5.41, 5.74) is 1.61. The molecule has 0 saturated heterocycles. The van der Waals surface area contributed by atoms with Crippen molar-refractivity contribution in [3.63, 3.8) is 0 Å². The lowest BCUT2D eigenvalue weighted by Crippen LogP contribution is -2.06. The van der Waals surface area contributed by atoms with Crippen LogP contribution >= 0.6 is 0 Å². The molecule has 0 atom stereocenters. The highest BCUT2D eigenvalue weighted by Crippen LogP contribution is 2.46. The van der Waals surface area contributed by atoms with Crippen LogP contribution in [0.4, 0.5) is 8.78 Å². The number of aromatic nitrogens is 3. The Kier molecular flexibility index (Phi) is 5.60. The topological polar surface area (TPSA) is 106 Å². The van der Waals surface area contributed by atoms with Crippen LogP contribution in [0.1, 0.15) is 47.7 Å².